The second kappa shape index (κ2) is 5.64. The fraction of sp³-hybridized carbons (Fsp3) is 0.647. The topological polar surface area (TPSA) is 46.2 Å². The van der Waals surface area contributed by atoms with E-state index in [0.717, 1.165) is 6.42 Å². The third-order valence-electron chi connectivity index (χ3n) is 4.89. The zero-order valence-corrected chi connectivity index (χ0v) is 12.4. The second-order valence-corrected chi connectivity index (χ2v) is 6.73. The molecule has 0 radical (unpaired) electrons. The van der Waals surface area contributed by atoms with E-state index < -0.39 is 0 Å². The van der Waals surface area contributed by atoms with Crippen molar-refractivity contribution in [3.05, 3.63) is 35.4 Å². The Morgan fingerprint density at radius 1 is 1.42 bits per heavy atom. The molecule has 1 aliphatic carbocycles. The van der Waals surface area contributed by atoms with Crippen molar-refractivity contribution >= 4 is 0 Å². The van der Waals surface area contributed by atoms with Gasteiger partial charge in [0, 0.05) is 12.5 Å². The monoisotopic (exact) mass is 261 g/mol. The lowest BCUT2D eigenvalue weighted by Crippen LogP contribution is -2.37. The molecule has 1 aromatic carbocycles. The van der Waals surface area contributed by atoms with E-state index in [4.69, 9.17) is 5.73 Å². The molecule has 0 saturated heterocycles. The van der Waals surface area contributed by atoms with Crippen LogP contribution in [0.4, 0.5) is 0 Å². The average Bonchev–Trinajstić information content (AvgIpc) is 2.70. The molecule has 1 fully saturated rings. The summed E-state index contributed by atoms with van der Waals surface area (Å²) in [6.45, 7) is 7.15. The van der Waals surface area contributed by atoms with Gasteiger partial charge in [-0.1, -0.05) is 50.1 Å². The van der Waals surface area contributed by atoms with E-state index in [-0.39, 0.29) is 17.4 Å². The summed E-state index contributed by atoms with van der Waals surface area (Å²) >= 11 is 0. The highest BCUT2D eigenvalue weighted by Gasteiger charge is 2.41. The quantitative estimate of drug-likeness (QED) is 0.874. The third kappa shape index (κ3) is 3.01. The fourth-order valence-corrected chi connectivity index (χ4v) is 3.64. The van der Waals surface area contributed by atoms with Crippen LogP contribution >= 0.6 is 0 Å². The lowest BCUT2D eigenvalue weighted by molar-refractivity contribution is 0.0346. The number of rotatable bonds is 4. The predicted molar refractivity (Wildman–Crippen MR) is 80.1 cm³/mol. The molecule has 0 aliphatic heterocycles. The summed E-state index contributed by atoms with van der Waals surface area (Å²) in [6.07, 6.45) is 3.22. The highest BCUT2D eigenvalue weighted by atomic mass is 16.3. The Morgan fingerprint density at radius 2 is 2.16 bits per heavy atom. The van der Waals surface area contributed by atoms with Crippen LogP contribution in [0.2, 0.25) is 0 Å². The summed E-state index contributed by atoms with van der Waals surface area (Å²) in [5.74, 6) is 0.420. The molecular formula is C17H27NO. The van der Waals surface area contributed by atoms with E-state index >= 15 is 0 Å². The van der Waals surface area contributed by atoms with Crippen molar-refractivity contribution in [1.29, 1.82) is 0 Å². The molecule has 1 saturated carbocycles. The summed E-state index contributed by atoms with van der Waals surface area (Å²) in [6, 6.07) is 8.39. The summed E-state index contributed by atoms with van der Waals surface area (Å²) in [5.41, 5.74) is 8.59. The van der Waals surface area contributed by atoms with Crippen molar-refractivity contribution in [3.63, 3.8) is 0 Å². The second-order valence-electron chi connectivity index (χ2n) is 6.73. The Labute approximate surface area is 117 Å². The van der Waals surface area contributed by atoms with Gasteiger partial charge in [0.25, 0.3) is 0 Å². The Morgan fingerprint density at radius 3 is 2.68 bits per heavy atom. The molecule has 2 rings (SSSR count). The van der Waals surface area contributed by atoms with Crippen molar-refractivity contribution < 1.29 is 5.11 Å². The first-order valence-electron chi connectivity index (χ1n) is 7.40. The van der Waals surface area contributed by atoms with Crippen LogP contribution in [-0.4, -0.2) is 17.8 Å². The van der Waals surface area contributed by atoms with Gasteiger partial charge < -0.3 is 10.8 Å². The van der Waals surface area contributed by atoms with Gasteiger partial charge in [-0.25, -0.2) is 0 Å². The van der Waals surface area contributed by atoms with Crippen LogP contribution in [0.25, 0.3) is 0 Å². The molecule has 0 heterocycles. The molecule has 1 aromatic rings. The Kier molecular flexibility index (Phi) is 4.32. The lowest BCUT2D eigenvalue weighted by Gasteiger charge is -2.35. The summed E-state index contributed by atoms with van der Waals surface area (Å²) in [5, 5.41) is 10.8. The van der Waals surface area contributed by atoms with Crippen molar-refractivity contribution in [2.75, 3.05) is 6.54 Å². The molecule has 0 bridgehead atoms. The van der Waals surface area contributed by atoms with Gasteiger partial charge in [0.05, 0.1) is 6.10 Å². The number of aliphatic hydroxyl groups excluding tert-OH is 1. The molecule has 3 unspecified atom stereocenters. The van der Waals surface area contributed by atoms with Gasteiger partial charge in [0.1, 0.15) is 0 Å². The lowest BCUT2D eigenvalue weighted by atomic mass is 9.73. The van der Waals surface area contributed by atoms with E-state index in [2.05, 4.69) is 45.0 Å². The number of nitrogens with two attached hydrogens (primary N) is 1. The van der Waals surface area contributed by atoms with Crippen LogP contribution in [0.1, 0.15) is 50.2 Å². The van der Waals surface area contributed by atoms with Crippen LogP contribution in [0.3, 0.4) is 0 Å². The number of benzene rings is 1. The van der Waals surface area contributed by atoms with Crippen molar-refractivity contribution in [1.82, 2.24) is 0 Å². The number of hydrogen-bond donors (Lipinski definition) is 2. The maximum absolute atomic E-state index is 10.8. The summed E-state index contributed by atoms with van der Waals surface area (Å²) in [7, 11) is 0. The van der Waals surface area contributed by atoms with Crippen LogP contribution < -0.4 is 5.73 Å². The minimum atomic E-state index is -0.329. The zero-order valence-electron chi connectivity index (χ0n) is 12.4. The van der Waals surface area contributed by atoms with Crippen molar-refractivity contribution in [2.24, 2.45) is 17.1 Å². The van der Waals surface area contributed by atoms with E-state index in [1.165, 1.54) is 24.0 Å². The van der Waals surface area contributed by atoms with Gasteiger partial charge in [0.15, 0.2) is 0 Å². The van der Waals surface area contributed by atoms with Crippen LogP contribution in [0.15, 0.2) is 24.3 Å². The van der Waals surface area contributed by atoms with Gasteiger partial charge in [-0.3, -0.25) is 0 Å². The van der Waals surface area contributed by atoms with Crippen LogP contribution in [0.5, 0.6) is 0 Å². The number of aryl methyl sites for hydroxylation is 1. The molecule has 0 amide bonds. The van der Waals surface area contributed by atoms with E-state index in [0.29, 0.717) is 12.5 Å². The predicted octanol–water partition coefficient (Wildman–Crippen LogP) is 3.22. The van der Waals surface area contributed by atoms with Crippen molar-refractivity contribution in [3.8, 4) is 0 Å². The molecule has 2 heteroatoms. The fourth-order valence-electron chi connectivity index (χ4n) is 3.64. The summed E-state index contributed by atoms with van der Waals surface area (Å²) in [4.78, 5) is 0. The van der Waals surface area contributed by atoms with E-state index in [9.17, 15) is 5.11 Å². The van der Waals surface area contributed by atoms with Crippen LogP contribution in [0, 0.1) is 18.3 Å². The molecule has 3 N–H and O–H groups in total. The summed E-state index contributed by atoms with van der Waals surface area (Å²) < 4.78 is 0. The molecular weight excluding hydrogens is 234 g/mol. The normalized spacial score (nSPS) is 25.2. The Balaban J connectivity index is 2.22. The molecule has 2 nitrogen and oxygen atoms in total. The Hall–Kier alpha value is -0.860. The molecule has 0 aromatic heterocycles. The van der Waals surface area contributed by atoms with E-state index in [1.807, 2.05) is 0 Å². The number of aliphatic hydroxyl groups is 1. The van der Waals surface area contributed by atoms with Gasteiger partial charge in [-0.05, 0) is 36.7 Å². The van der Waals surface area contributed by atoms with Gasteiger partial charge in [0.2, 0.25) is 0 Å². The largest absolute Gasteiger partial charge is 0.392 e. The van der Waals surface area contributed by atoms with Crippen LogP contribution in [-0.2, 0) is 0 Å². The highest BCUT2D eigenvalue weighted by molar-refractivity contribution is 5.27. The third-order valence-corrected chi connectivity index (χ3v) is 4.89. The first-order valence-corrected chi connectivity index (χ1v) is 7.40. The molecule has 106 valence electrons. The zero-order chi connectivity index (χ0) is 14.0. The van der Waals surface area contributed by atoms with Gasteiger partial charge in [-0.15, -0.1) is 0 Å². The highest BCUT2D eigenvalue weighted by Crippen LogP contribution is 2.46. The molecule has 1 aliphatic rings. The minimum Gasteiger partial charge on any atom is -0.392 e. The maximum atomic E-state index is 10.8. The van der Waals surface area contributed by atoms with Gasteiger partial charge in [-0.2, -0.15) is 0 Å². The van der Waals surface area contributed by atoms with Crippen molar-refractivity contribution in [2.45, 2.75) is 52.1 Å². The maximum Gasteiger partial charge on any atom is 0.0654 e. The standard InChI is InChI=1S/C17H27NO/c1-12-6-4-7-13(10-12)14(11-18)16(19)15-8-5-9-17(15,2)3/h4,6-7,10,14-16,19H,5,8-9,11,18H2,1-3H3. The first-order chi connectivity index (χ1) is 8.95. The number of hydrogen-bond acceptors (Lipinski definition) is 2. The first kappa shape index (κ1) is 14.5. The van der Waals surface area contributed by atoms with E-state index in [1.54, 1.807) is 0 Å². The molecule has 0 spiro atoms. The SMILES string of the molecule is Cc1cccc(C(CN)C(O)C2CCCC2(C)C)c1. The molecule has 3 atom stereocenters. The molecule has 19 heavy (non-hydrogen) atoms. The Bertz CT molecular complexity index is 427. The minimum absolute atomic E-state index is 0.0577. The average molecular weight is 261 g/mol. The smallest absolute Gasteiger partial charge is 0.0654 e. The van der Waals surface area contributed by atoms with Gasteiger partial charge >= 0.3 is 0 Å².